The van der Waals surface area contributed by atoms with Crippen molar-refractivity contribution in [2.75, 3.05) is 0 Å². The molecule has 580 valence electrons. The number of benzene rings is 18. The molecule has 4 aromatic heterocycles. The van der Waals surface area contributed by atoms with Gasteiger partial charge in [0.15, 0.2) is 0 Å². The van der Waals surface area contributed by atoms with Crippen LogP contribution in [0.1, 0.15) is 0 Å². The third kappa shape index (κ3) is 15.4. The maximum absolute atomic E-state index is 5.49. The second kappa shape index (κ2) is 33.8. The quantitative estimate of drug-likeness (QED) is 0.0905. The van der Waals surface area contributed by atoms with Crippen molar-refractivity contribution >= 4 is 43.4 Å². The Bertz CT molecular complexity index is 6990. The van der Waals surface area contributed by atoms with Crippen LogP contribution in [0.5, 0.6) is 0 Å². The van der Waals surface area contributed by atoms with Crippen molar-refractivity contribution in [1.29, 1.82) is 0 Å². The Morgan fingerprint density at radius 1 is 0.0968 bits per heavy atom. The van der Waals surface area contributed by atoms with Crippen molar-refractivity contribution in [1.82, 2.24) is 19.9 Å². The maximum Gasteiger partial charge on any atom is 0.0794 e. The van der Waals surface area contributed by atoms with Crippen LogP contribution in [0.15, 0.2) is 485 Å². The summed E-state index contributed by atoms with van der Waals surface area (Å²) in [6, 6.07) is 173. The van der Waals surface area contributed by atoms with Gasteiger partial charge < -0.3 is 0 Å². The van der Waals surface area contributed by atoms with Crippen LogP contribution in [0.25, 0.3) is 222 Å². The topological polar surface area (TPSA) is 51.6 Å². The fourth-order valence-electron chi connectivity index (χ4n) is 17.3. The van der Waals surface area contributed by atoms with Crippen molar-refractivity contribution < 1.29 is 0 Å². The van der Waals surface area contributed by atoms with E-state index in [1.807, 2.05) is 18.2 Å². The molecule has 0 aliphatic heterocycles. The van der Waals surface area contributed by atoms with Gasteiger partial charge in [-0.1, -0.05) is 437 Å². The molecule has 22 aromatic rings. The van der Waals surface area contributed by atoms with Crippen LogP contribution >= 0.6 is 0 Å². The predicted molar refractivity (Wildman–Crippen MR) is 521 cm³/mol. The summed E-state index contributed by atoms with van der Waals surface area (Å²) < 4.78 is 0. The summed E-state index contributed by atoms with van der Waals surface area (Å²) in [5, 5.41) is 6.84. The largest absolute Gasteiger partial charge is 0.248 e. The van der Waals surface area contributed by atoms with Gasteiger partial charge in [0.05, 0.1) is 45.2 Å². The Morgan fingerprint density at radius 2 is 0.258 bits per heavy atom. The molecule has 4 heteroatoms. The van der Waals surface area contributed by atoms with Gasteiger partial charge in [-0.15, -0.1) is 0 Å². The molecule has 0 aliphatic carbocycles. The second-order valence-electron chi connectivity index (χ2n) is 31.5. The van der Waals surface area contributed by atoms with Crippen molar-refractivity contribution in [3.05, 3.63) is 485 Å². The van der Waals surface area contributed by atoms with E-state index in [0.29, 0.717) is 0 Å². The predicted octanol–water partition coefficient (Wildman–Crippen LogP) is 32.2. The molecular weight excluding hydrogens is 1500 g/mol. The van der Waals surface area contributed by atoms with Gasteiger partial charge in [0.2, 0.25) is 0 Å². The van der Waals surface area contributed by atoms with Gasteiger partial charge in [0.1, 0.15) is 0 Å². The SMILES string of the molecule is c1ccc(-c2ccc(-c3cc(-c4ccc(-c5cc(-c6ccccc6)cc(-c6ccccc6)n5)cc4)c4cc(-c5ccc(-c6ccccc6)cc5)c5ccccc5c4n3)cc2)cc1.c1ccc(-c2ccc(-c3cc(-c4ccc(-c5cc(-c6ccccc6)nc(-c6ccccc6)c5)cc4)c4cc(-c5ccc(-c6ccccc6)cc5)c5ccccc5c4n3)cc2)cc1. The highest BCUT2D eigenvalue weighted by Crippen LogP contribution is 2.46. The van der Waals surface area contributed by atoms with Crippen LogP contribution < -0.4 is 0 Å². The first-order valence-corrected chi connectivity index (χ1v) is 42.3. The molecule has 0 fully saturated rings. The Morgan fingerprint density at radius 3 is 0.508 bits per heavy atom. The van der Waals surface area contributed by atoms with E-state index in [2.05, 4.69) is 467 Å². The van der Waals surface area contributed by atoms with E-state index < -0.39 is 0 Å². The first kappa shape index (κ1) is 75.1. The Kier molecular flexibility index (Phi) is 20.5. The molecule has 0 bridgehead atoms. The smallest absolute Gasteiger partial charge is 0.0794 e. The average Bonchev–Trinajstić information content (AvgIpc) is 0.741. The summed E-state index contributed by atoms with van der Waals surface area (Å²) in [5.74, 6) is 0. The third-order valence-electron chi connectivity index (χ3n) is 23.8. The zero-order chi connectivity index (χ0) is 82.5. The van der Waals surface area contributed by atoms with Gasteiger partial charge in [0, 0.05) is 54.9 Å². The van der Waals surface area contributed by atoms with Gasteiger partial charge in [-0.25, -0.2) is 19.9 Å². The van der Waals surface area contributed by atoms with E-state index >= 15 is 0 Å². The molecule has 0 saturated carbocycles. The zero-order valence-corrected chi connectivity index (χ0v) is 68.0. The first-order chi connectivity index (χ1) is 61.4. The van der Waals surface area contributed by atoms with Crippen LogP contribution in [-0.4, -0.2) is 19.9 Å². The van der Waals surface area contributed by atoms with Gasteiger partial charge in [-0.05, 0) is 171 Å². The normalized spacial score (nSPS) is 11.2. The highest BCUT2D eigenvalue weighted by atomic mass is 14.7. The van der Waals surface area contributed by atoms with Crippen molar-refractivity contribution in [3.63, 3.8) is 0 Å². The molecule has 0 amide bonds. The molecule has 0 aliphatic rings. The number of aromatic nitrogens is 4. The van der Waals surface area contributed by atoms with E-state index in [1.165, 1.54) is 77.5 Å². The van der Waals surface area contributed by atoms with Crippen molar-refractivity contribution in [3.8, 4) is 179 Å². The third-order valence-corrected chi connectivity index (χ3v) is 23.8. The fourth-order valence-corrected chi connectivity index (χ4v) is 17.3. The zero-order valence-electron chi connectivity index (χ0n) is 68.0. The Balaban J connectivity index is 0.000000152. The first-order valence-electron chi connectivity index (χ1n) is 42.3. The van der Waals surface area contributed by atoms with E-state index in [0.717, 1.165) is 145 Å². The van der Waals surface area contributed by atoms with E-state index in [-0.39, 0.29) is 0 Å². The fraction of sp³-hybridized carbons (Fsp3) is 0. The lowest BCUT2D eigenvalue weighted by Gasteiger charge is -2.16. The molecule has 124 heavy (non-hydrogen) atoms. The molecule has 4 heterocycles. The standard InChI is InChI=1S/2C60H40N2/c1-5-15-41(16-6-1)43-25-31-46(32-26-43)54-39-56-55(40-59(62-60(56)53-24-14-13-23-52(53)54)50-35-29-44(30-36-50)42-17-7-2-8-18-42)47-33-27-45(28-34-47)51-37-57(48-19-9-3-10-20-48)61-58(38-51)49-21-11-4-12-22-49;1-5-15-41(16-6-1)44-25-29-46(30-26-44)54-39-56-55(40-59(62-60(56)53-24-14-13-23-52(53)54)50-33-27-45(28-34-50)42-17-7-2-8-18-42)47-31-35-49(36-32-47)58-38-51(43-19-9-3-10-20-43)37-57(61-58)48-21-11-4-12-22-48/h2*1-40H. The molecule has 0 N–H and O–H groups in total. The molecule has 0 saturated heterocycles. The van der Waals surface area contributed by atoms with E-state index in [1.54, 1.807) is 0 Å². The van der Waals surface area contributed by atoms with Crippen molar-refractivity contribution in [2.24, 2.45) is 0 Å². The maximum atomic E-state index is 5.49. The lowest BCUT2D eigenvalue weighted by molar-refractivity contribution is 1.32. The molecule has 18 aromatic carbocycles. The highest BCUT2D eigenvalue weighted by molar-refractivity contribution is 6.18. The lowest BCUT2D eigenvalue weighted by atomic mass is 9.90. The number of hydrogen-bond donors (Lipinski definition) is 0. The molecule has 0 spiro atoms. The Hall–Kier alpha value is -16.4. The minimum Gasteiger partial charge on any atom is -0.248 e. The monoisotopic (exact) mass is 1580 g/mol. The minimum atomic E-state index is 0.933. The van der Waals surface area contributed by atoms with Crippen LogP contribution in [0, 0.1) is 0 Å². The number of pyridine rings is 4. The summed E-state index contributed by atoms with van der Waals surface area (Å²) in [7, 11) is 0. The molecule has 4 nitrogen and oxygen atoms in total. The number of rotatable bonds is 16. The van der Waals surface area contributed by atoms with E-state index in [4.69, 9.17) is 19.9 Å². The van der Waals surface area contributed by atoms with Gasteiger partial charge in [-0.3, -0.25) is 0 Å². The van der Waals surface area contributed by atoms with Crippen LogP contribution in [-0.2, 0) is 0 Å². The summed E-state index contributed by atoms with van der Waals surface area (Å²) in [6.07, 6.45) is 0. The summed E-state index contributed by atoms with van der Waals surface area (Å²) in [5.41, 5.74) is 37.5. The molecule has 22 rings (SSSR count). The van der Waals surface area contributed by atoms with Crippen LogP contribution in [0.3, 0.4) is 0 Å². The molecule has 0 unspecified atom stereocenters. The second-order valence-corrected chi connectivity index (χ2v) is 31.5. The number of nitrogens with zero attached hydrogens (tertiary/aromatic N) is 4. The van der Waals surface area contributed by atoms with E-state index in [9.17, 15) is 0 Å². The van der Waals surface area contributed by atoms with Crippen molar-refractivity contribution in [2.45, 2.75) is 0 Å². The van der Waals surface area contributed by atoms with Gasteiger partial charge >= 0.3 is 0 Å². The van der Waals surface area contributed by atoms with Gasteiger partial charge in [0.25, 0.3) is 0 Å². The minimum absolute atomic E-state index is 0.933. The lowest BCUT2D eigenvalue weighted by Crippen LogP contribution is -1.94. The number of fused-ring (bicyclic) bond motifs is 6. The summed E-state index contributed by atoms with van der Waals surface area (Å²) in [4.78, 5) is 21.3. The highest BCUT2D eigenvalue weighted by Gasteiger charge is 2.22. The summed E-state index contributed by atoms with van der Waals surface area (Å²) >= 11 is 0. The Labute approximate surface area is 722 Å². The van der Waals surface area contributed by atoms with Gasteiger partial charge in [-0.2, -0.15) is 0 Å². The molecular formula is C120H80N4. The molecule has 0 radical (unpaired) electrons. The van der Waals surface area contributed by atoms with Crippen LogP contribution in [0.2, 0.25) is 0 Å². The number of hydrogen-bond acceptors (Lipinski definition) is 4. The summed E-state index contributed by atoms with van der Waals surface area (Å²) in [6.45, 7) is 0. The molecule has 0 atom stereocenters. The van der Waals surface area contributed by atoms with Crippen LogP contribution in [0.4, 0.5) is 0 Å². The average molecular weight is 1580 g/mol.